The highest BCUT2D eigenvalue weighted by Gasteiger charge is 2.46. The summed E-state index contributed by atoms with van der Waals surface area (Å²) in [4.78, 5) is 24.2. The molecule has 0 saturated heterocycles. The van der Waals surface area contributed by atoms with Gasteiger partial charge in [-0.15, -0.1) is 0 Å². The lowest BCUT2D eigenvalue weighted by atomic mass is 9.70. The van der Waals surface area contributed by atoms with E-state index >= 15 is 0 Å². The van der Waals surface area contributed by atoms with Crippen molar-refractivity contribution in [1.29, 1.82) is 0 Å². The van der Waals surface area contributed by atoms with Crippen LogP contribution < -0.4 is 0 Å². The fourth-order valence-corrected chi connectivity index (χ4v) is 2.25. The molecule has 0 N–H and O–H groups in total. The second-order valence-corrected chi connectivity index (χ2v) is 4.92. The third-order valence-electron chi connectivity index (χ3n) is 3.32. The average molecular weight is 238 g/mol. The van der Waals surface area contributed by atoms with E-state index in [4.69, 9.17) is 4.74 Å². The number of Topliss-reactive ketones (excluding diaryl/α,β-unsaturated/α-hetero) is 1. The molecule has 0 radical (unpaired) electrons. The number of ether oxygens (including phenoxy) is 1. The maximum absolute atomic E-state index is 12.1. The van der Waals surface area contributed by atoms with Crippen molar-refractivity contribution in [3.05, 3.63) is 11.6 Å². The summed E-state index contributed by atoms with van der Waals surface area (Å²) < 4.78 is 5.10. The van der Waals surface area contributed by atoms with E-state index in [2.05, 4.69) is 0 Å². The molecule has 0 spiro atoms. The van der Waals surface area contributed by atoms with Crippen LogP contribution in [0.25, 0.3) is 0 Å². The number of hydrogen-bond donors (Lipinski definition) is 0. The number of esters is 1. The first-order valence-electron chi connectivity index (χ1n) is 6.37. The van der Waals surface area contributed by atoms with E-state index in [0.29, 0.717) is 25.9 Å². The van der Waals surface area contributed by atoms with Crippen LogP contribution in [0.15, 0.2) is 11.6 Å². The van der Waals surface area contributed by atoms with E-state index < -0.39 is 5.41 Å². The van der Waals surface area contributed by atoms with Gasteiger partial charge in [0.15, 0.2) is 0 Å². The third-order valence-corrected chi connectivity index (χ3v) is 3.32. The van der Waals surface area contributed by atoms with Crippen LogP contribution in [0.5, 0.6) is 0 Å². The third kappa shape index (κ3) is 3.18. The zero-order chi connectivity index (χ0) is 12.9. The molecule has 96 valence electrons. The van der Waals surface area contributed by atoms with E-state index in [-0.39, 0.29) is 11.8 Å². The summed E-state index contributed by atoms with van der Waals surface area (Å²) >= 11 is 0. The Hall–Kier alpha value is -1.12. The van der Waals surface area contributed by atoms with E-state index in [1.54, 1.807) is 6.92 Å². The molecule has 1 aliphatic carbocycles. The Morgan fingerprint density at radius 3 is 2.65 bits per heavy atom. The van der Waals surface area contributed by atoms with Crippen LogP contribution in [0.2, 0.25) is 0 Å². The highest BCUT2D eigenvalue weighted by Crippen LogP contribution is 2.38. The van der Waals surface area contributed by atoms with Gasteiger partial charge in [0.1, 0.15) is 11.2 Å². The lowest BCUT2D eigenvalue weighted by Gasteiger charge is -2.32. The first-order valence-corrected chi connectivity index (χ1v) is 6.37. The van der Waals surface area contributed by atoms with Gasteiger partial charge in [0.25, 0.3) is 0 Å². The molecular weight excluding hydrogens is 216 g/mol. The van der Waals surface area contributed by atoms with Crippen molar-refractivity contribution in [2.24, 2.45) is 5.41 Å². The van der Waals surface area contributed by atoms with Gasteiger partial charge < -0.3 is 4.74 Å². The number of allylic oxidation sites excluding steroid dienone is 2. The van der Waals surface area contributed by atoms with Crippen LogP contribution in [-0.2, 0) is 14.3 Å². The highest BCUT2D eigenvalue weighted by atomic mass is 16.5. The van der Waals surface area contributed by atoms with Crippen molar-refractivity contribution in [3.63, 3.8) is 0 Å². The first kappa shape index (κ1) is 13.9. The zero-order valence-electron chi connectivity index (χ0n) is 11.0. The Bertz CT molecular complexity index is 326. The summed E-state index contributed by atoms with van der Waals surface area (Å²) in [6, 6.07) is 0. The summed E-state index contributed by atoms with van der Waals surface area (Å²) in [6.07, 6.45) is 5.44. The fraction of sp³-hybridized carbons (Fsp3) is 0.714. The lowest BCUT2D eigenvalue weighted by Crippen LogP contribution is -2.42. The second kappa shape index (κ2) is 5.99. The predicted octanol–water partition coefficient (Wildman–Crippen LogP) is 3.04. The second-order valence-electron chi connectivity index (χ2n) is 4.92. The molecule has 1 fully saturated rings. The fourth-order valence-electron chi connectivity index (χ4n) is 2.25. The molecule has 1 atom stereocenters. The molecule has 3 nitrogen and oxygen atoms in total. The van der Waals surface area contributed by atoms with Crippen LogP contribution in [0, 0.1) is 5.41 Å². The normalized spacial score (nSPS) is 24.3. The highest BCUT2D eigenvalue weighted by molar-refractivity contribution is 6.04. The van der Waals surface area contributed by atoms with Gasteiger partial charge in [-0.1, -0.05) is 18.1 Å². The molecule has 0 amide bonds. The van der Waals surface area contributed by atoms with Gasteiger partial charge in [-0.05, 0) is 40.0 Å². The Morgan fingerprint density at radius 2 is 2.12 bits per heavy atom. The quantitative estimate of drug-likeness (QED) is 0.429. The Morgan fingerprint density at radius 1 is 1.41 bits per heavy atom. The average Bonchev–Trinajstić information content (AvgIpc) is 2.28. The Kier molecular flexibility index (Phi) is 4.91. The molecule has 1 rings (SSSR count). The first-order chi connectivity index (χ1) is 8.03. The summed E-state index contributed by atoms with van der Waals surface area (Å²) in [5.74, 6) is -0.276. The summed E-state index contributed by atoms with van der Waals surface area (Å²) in [5.41, 5.74) is 0.234. The van der Waals surface area contributed by atoms with Gasteiger partial charge in [0, 0.05) is 6.42 Å². The molecule has 0 aromatic carbocycles. The maximum Gasteiger partial charge on any atom is 0.319 e. The van der Waals surface area contributed by atoms with Gasteiger partial charge in [-0.3, -0.25) is 9.59 Å². The van der Waals surface area contributed by atoms with Crippen molar-refractivity contribution in [2.75, 3.05) is 6.61 Å². The molecule has 0 heterocycles. The molecule has 3 heteroatoms. The SMILES string of the molecule is CCOC(=O)C1(CC=C(C)C)CCCCC1=O. The van der Waals surface area contributed by atoms with Crippen molar-refractivity contribution < 1.29 is 14.3 Å². The van der Waals surface area contributed by atoms with Crippen molar-refractivity contribution in [3.8, 4) is 0 Å². The minimum absolute atomic E-state index is 0.0553. The van der Waals surface area contributed by atoms with E-state index in [0.717, 1.165) is 18.4 Å². The number of carbonyl (C=O) groups excluding carboxylic acids is 2. The van der Waals surface area contributed by atoms with Gasteiger partial charge in [0.2, 0.25) is 0 Å². The van der Waals surface area contributed by atoms with Gasteiger partial charge in [0.05, 0.1) is 6.61 Å². The molecule has 0 aromatic heterocycles. The molecule has 1 unspecified atom stereocenters. The van der Waals surface area contributed by atoms with Crippen molar-refractivity contribution in [2.45, 2.75) is 52.9 Å². The summed E-state index contributed by atoms with van der Waals surface area (Å²) in [6.45, 7) is 6.07. The molecule has 0 aromatic rings. The monoisotopic (exact) mass is 238 g/mol. The standard InChI is InChI=1S/C14H22O3/c1-4-17-13(16)14(10-8-11(2)3)9-6-5-7-12(14)15/h8H,4-7,9-10H2,1-3H3. The molecular formula is C14H22O3. The summed E-state index contributed by atoms with van der Waals surface area (Å²) in [5, 5.41) is 0. The predicted molar refractivity (Wildman–Crippen MR) is 66.6 cm³/mol. The van der Waals surface area contributed by atoms with Crippen LogP contribution >= 0.6 is 0 Å². The zero-order valence-corrected chi connectivity index (χ0v) is 11.0. The van der Waals surface area contributed by atoms with Crippen LogP contribution in [0.3, 0.4) is 0 Å². The van der Waals surface area contributed by atoms with Gasteiger partial charge >= 0.3 is 5.97 Å². The molecule has 1 aliphatic rings. The number of carbonyl (C=O) groups is 2. The number of hydrogen-bond acceptors (Lipinski definition) is 3. The smallest absolute Gasteiger partial charge is 0.319 e. The van der Waals surface area contributed by atoms with Crippen LogP contribution in [0.4, 0.5) is 0 Å². The number of rotatable bonds is 4. The molecule has 17 heavy (non-hydrogen) atoms. The van der Waals surface area contributed by atoms with Crippen molar-refractivity contribution >= 4 is 11.8 Å². The van der Waals surface area contributed by atoms with Crippen LogP contribution in [-0.4, -0.2) is 18.4 Å². The Labute approximate surface area is 103 Å². The maximum atomic E-state index is 12.1. The summed E-state index contributed by atoms with van der Waals surface area (Å²) in [7, 11) is 0. The largest absolute Gasteiger partial charge is 0.465 e. The van der Waals surface area contributed by atoms with Gasteiger partial charge in [-0.25, -0.2) is 0 Å². The van der Waals surface area contributed by atoms with Gasteiger partial charge in [-0.2, -0.15) is 0 Å². The lowest BCUT2D eigenvalue weighted by molar-refractivity contribution is -0.162. The van der Waals surface area contributed by atoms with E-state index in [1.165, 1.54) is 0 Å². The van der Waals surface area contributed by atoms with E-state index in [9.17, 15) is 9.59 Å². The minimum atomic E-state index is -0.897. The van der Waals surface area contributed by atoms with E-state index in [1.807, 2.05) is 19.9 Å². The molecule has 0 aliphatic heterocycles. The molecule has 0 bridgehead atoms. The topological polar surface area (TPSA) is 43.4 Å². The molecule has 1 saturated carbocycles. The number of ketones is 1. The Balaban J connectivity index is 2.94. The van der Waals surface area contributed by atoms with Crippen molar-refractivity contribution in [1.82, 2.24) is 0 Å². The van der Waals surface area contributed by atoms with Crippen LogP contribution in [0.1, 0.15) is 52.9 Å². The minimum Gasteiger partial charge on any atom is -0.465 e.